The van der Waals surface area contributed by atoms with Crippen molar-refractivity contribution in [3.8, 4) is 0 Å². The summed E-state index contributed by atoms with van der Waals surface area (Å²) in [6.07, 6.45) is 2.04. The molecule has 7 heteroatoms. The standard InChI is InChI=1S/C11H11NO5S/c13-9(4-3-7-2-1-5-18-7)12-8(11(16)17)6-10(14)15/h1-5,8H,6H2,(H,12,13)(H,14,15)(H,16,17)/b4-3+/t8-/m0/s1. The molecule has 0 bridgehead atoms. The van der Waals surface area contributed by atoms with E-state index in [0.29, 0.717) is 0 Å². The van der Waals surface area contributed by atoms with E-state index >= 15 is 0 Å². The third-order valence-electron chi connectivity index (χ3n) is 1.94. The lowest BCUT2D eigenvalue weighted by Gasteiger charge is -2.10. The molecule has 1 aromatic rings. The van der Waals surface area contributed by atoms with Gasteiger partial charge in [-0.05, 0) is 17.5 Å². The first-order valence-electron chi connectivity index (χ1n) is 4.95. The van der Waals surface area contributed by atoms with Crippen LogP contribution in [0.1, 0.15) is 11.3 Å². The van der Waals surface area contributed by atoms with E-state index in [4.69, 9.17) is 10.2 Å². The number of amides is 1. The van der Waals surface area contributed by atoms with Crippen molar-refractivity contribution >= 4 is 35.3 Å². The Morgan fingerprint density at radius 3 is 2.61 bits per heavy atom. The summed E-state index contributed by atoms with van der Waals surface area (Å²) in [7, 11) is 0. The Kier molecular flexibility index (Phi) is 5.06. The molecule has 1 atom stereocenters. The Labute approximate surface area is 107 Å². The number of carboxylic acid groups (broad SMARTS) is 2. The molecular weight excluding hydrogens is 258 g/mol. The highest BCUT2D eigenvalue weighted by molar-refractivity contribution is 7.10. The van der Waals surface area contributed by atoms with Crippen molar-refractivity contribution in [3.63, 3.8) is 0 Å². The number of aliphatic carboxylic acids is 2. The summed E-state index contributed by atoms with van der Waals surface area (Å²) in [5.41, 5.74) is 0. The van der Waals surface area contributed by atoms with Crippen LogP contribution in [0, 0.1) is 0 Å². The first-order valence-corrected chi connectivity index (χ1v) is 5.83. The first kappa shape index (κ1) is 13.9. The highest BCUT2D eigenvalue weighted by Gasteiger charge is 2.21. The van der Waals surface area contributed by atoms with Gasteiger partial charge in [-0.2, -0.15) is 0 Å². The molecule has 1 amide bonds. The van der Waals surface area contributed by atoms with Crippen LogP contribution in [-0.2, 0) is 14.4 Å². The molecule has 0 aliphatic carbocycles. The minimum absolute atomic E-state index is 0.642. The van der Waals surface area contributed by atoms with Gasteiger partial charge in [0.15, 0.2) is 0 Å². The zero-order valence-corrected chi connectivity index (χ0v) is 10.0. The van der Waals surface area contributed by atoms with Gasteiger partial charge in [0, 0.05) is 11.0 Å². The second-order valence-corrected chi connectivity index (χ2v) is 4.33. The van der Waals surface area contributed by atoms with Crippen molar-refractivity contribution in [2.24, 2.45) is 0 Å². The van der Waals surface area contributed by atoms with Gasteiger partial charge in [0.05, 0.1) is 6.42 Å². The maximum atomic E-state index is 11.4. The van der Waals surface area contributed by atoms with E-state index < -0.39 is 30.3 Å². The molecule has 0 radical (unpaired) electrons. The normalized spacial score (nSPS) is 12.2. The maximum Gasteiger partial charge on any atom is 0.326 e. The SMILES string of the molecule is O=C(O)C[C@H](NC(=O)/C=C/c1cccs1)C(=O)O. The second kappa shape index (κ2) is 6.55. The highest BCUT2D eigenvalue weighted by Crippen LogP contribution is 2.09. The van der Waals surface area contributed by atoms with E-state index in [-0.39, 0.29) is 0 Å². The lowest BCUT2D eigenvalue weighted by Crippen LogP contribution is -2.41. The van der Waals surface area contributed by atoms with Crippen molar-refractivity contribution in [3.05, 3.63) is 28.5 Å². The molecule has 96 valence electrons. The molecule has 0 unspecified atom stereocenters. The van der Waals surface area contributed by atoms with E-state index in [9.17, 15) is 14.4 Å². The van der Waals surface area contributed by atoms with E-state index in [2.05, 4.69) is 5.32 Å². The molecule has 0 spiro atoms. The van der Waals surface area contributed by atoms with Crippen molar-refractivity contribution in [2.75, 3.05) is 0 Å². The van der Waals surface area contributed by atoms with Gasteiger partial charge < -0.3 is 15.5 Å². The Morgan fingerprint density at radius 1 is 1.39 bits per heavy atom. The summed E-state index contributed by atoms with van der Waals surface area (Å²) < 4.78 is 0. The molecule has 1 aromatic heterocycles. The third-order valence-corrected chi connectivity index (χ3v) is 2.77. The van der Waals surface area contributed by atoms with Crippen LogP contribution >= 0.6 is 11.3 Å². The Morgan fingerprint density at radius 2 is 2.11 bits per heavy atom. The topological polar surface area (TPSA) is 104 Å². The van der Waals surface area contributed by atoms with Gasteiger partial charge in [-0.1, -0.05) is 6.07 Å². The Hall–Kier alpha value is -2.15. The van der Waals surface area contributed by atoms with Gasteiger partial charge in [-0.3, -0.25) is 9.59 Å². The molecule has 0 aliphatic heterocycles. The van der Waals surface area contributed by atoms with E-state index in [1.807, 2.05) is 11.4 Å². The number of carbonyl (C=O) groups is 3. The third kappa shape index (κ3) is 4.79. The minimum Gasteiger partial charge on any atom is -0.481 e. The van der Waals surface area contributed by atoms with Gasteiger partial charge in [-0.25, -0.2) is 4.79 Å². The molecule has 0 saturated carbocycles. The fraction of sp³-hybridized carbons (Fsp3) is 0.182. The van der Waals surface area contributed by atoms with E-state index in [1.165, 1.54) is 23.5 Å². The minimum atomic E-state index is -1.43. The number of hydrogen-bond acceptors (Lipinski definition) is 4. The number of nitrogens with one attached hydrogen (secondary N) is 1. The average Bonchev–Trinajstić information content (AvgIpc) is 2.77. The number of carboxylic acids is 2. The van der Waals surface area contributed by atoms with Crippen LogP contribution in [0.25, 0.3) is 6.08 Å². The van der Waals surface area contributed by atoms with Gasteiger partial charge in [-0.15, -0.1) is 11.3 Å². The molecule has 0 aromatic carbocycles. The quantitative estimate of drug-likeness (QED) is 0.663. The molecule has 18 heavy (non-hydrogen) atoms. The van der Waals surface area contributed by atoms with Gasteiger partial charge in [0.2, 0.25) is 5.91 Å². The molecule has 6 nitrogen and oxygen atoms in total. The van der Waals surface area contributed by atoms with Crippen molar-refractivity contribution < 1.29 is 24.6 Å². The van der Waals surface area contributed by atoms with Crippen LogP contribution in [0.4, 0.5) is 0 Å². The molecule has 0 aliphatic rings. The largest absolute Gasteiger partial charge is 0.481 e. The number of thiophene rings is 1. The summed E-state index contributed by atoms with van der Waals surface area (Å²) >= 11 is 1.42. The summed E-state index contributed by atoms with van der Waals surface area (Å²) in [6.45, 7) is 0. The van der Waals surface area contributed by atoms with Crippen LogP contribution < -0.4 is 5.32 Å². The fourth-order valence-electron chi connectivity index (χ4n) is 1.14. The monoisotopic (exact) mass is 269 g/mol. The number of rotatable bonds is 6. The van der Waals surface area contributed by atoms with Crippen LogP contribution in [0.5, 0.6) is 0 Å². The molecule has 0 saturated heterocycles. The predicted octanol–water partition coefficient (Wildman–Crippen LogP) is 0.805. The average molecular weight is 269 g/mol. The van der Waals surface area contributed by atoms with Gasteiger partial charge in [0.1, 0.15) is 6.04 Å². The molecule has 0 fully saturated rings. The number of carbonyl (C=O) groups excluding carboxylic acids is 1. The summed E-state index contributed by atoms with van der Waals surface area (Å²) in [6, 6.07) is 2.18. The number of hydrogen-bond donors (Lipinski definition) is 3. The highest BCUT2D eigenvalue weighted by atomic mass is 32.1. The Bertz CT molecular complexity index is 466. The molecule has 3 N–H and O–H groups in total. The summed E-state index contributed by atoms with van der Waals surface area (Å²) in [5, 5.41) is 21.2. The predicted molar refractivity (Wildman–Crippen MR) is 65.2 cm³/mol. The van der Waals surface area contributed by atoms with Crippen molar-refractivity contribution in [1.82, 2.24) is 5.32 Å². The zero-order valence-electron chi connectivity index (χ0n) is 9.20. The van der Waals surface area contributed by atoms with Gasteiger partial charge in [0.25, 0.3) is 0 Å². The van der Waals surface area contributed by atoms with E-state index in [1.54, 1.807) is 6.07 Å². The summed E-state index contributed by atoms with van der Waals surface area (Å²) in [5.74, 6) is -3.31. The zero-order chi connectivity index (χ0) is 13.5. The first-order chi connectivity index (χ1) is 8.49. The fourth-order valence-corrected chi connectivity index (χ4v) is 1.76. The molecule has 1 heterocycles. The molecule has 1 rings (SSSR count). The lowest BCUT2D eigenvalue weighted by molar-refractivity contribution is -0.146. The van der Waals surface area contributed by atoms with Crippen molar-refractivity contribution in [1.29, 1.82) is 0 Å². The maximum absolute atomic E-state index is 11.4. The second-order valence-electron chi connectivity index (χ2n) is 3.35. The van der Waals surface area contributed by atoms with Crippen LogP contribution in [0.2, 0.25) is 0 Å². The van der Waals surface area contributed by atoms with Crippen molar-refractivity contribution in [2.45, 2.75) is 12.5 Å². The van der Waals surface area contributed by atoms with Crippen LogP contribution in [0.3, 0.4) is 0 Å². The Balaban J connectivity index is 2.56. The van der Waals surface area contributed by atoms with Gasteiger partial charge >= 0.3 is 11.9 Å². The van der Waals surface area contributed by atoms with Crippen LogP contribution in [-0.4, -0.2) is 34.1 Å². The molecular formula is C11H11NO5S. The smallest absolute Gasteiger partial charge is 0.326 e. The van der Waals surface area contributed by atoms with E-state index in [0.717, 1.165) is 4.88 Å². The lowest BCUT2D eigenvalue weighted by atomic mass is 10.2. The van der Waals surface area contributed by atoms with Crippen LogP contribution in [0.15, 0.2) is 23.6 Å². The summed E-state index contributed by atoms with van der Waals surface area (Å²) in [4.78, 5) is 33.3.